The van der Waals surface area contributed by atoms with Crippen molar-refractivity contribution in [3.8, 4) is 0 Å². The fraction of sp³-hybridized carbons (Fsp3) is 0.900. The fourth-order valence-electron chi connectivity index (χ4n) is 1.47. The van der Waals surface area contributed by atoms with Crippen LogP contribution in [0.1, 0.15) is 13.3 Å². The molecule has 5 heteroatoms. The average Bonchev–Trinajstić information content (AvgIpc) is 2.29. The first kappa shape index (κ1) is 12.8. The van der Waals surface area contributed by atoms with Crippen molar-refractivity contribution in [2.24, 2.45) is 0 Å². The number of amides is 1. The predicted octanol–water partition coefficient (Wildman–Crippen LogP) is -0.0777. The topological polar surface area (TPSA) is 52.6 Å². The van der Waals surface area contributed by atoms with Crippen molar-refractivity contribution >= 4 is 17.7 Å². The van der Waals surface area contributed by atoms with Gasteiger partial charge in [0, 0.05) is 43.6 Å². The number of piperazine rings is 1. The highest BCUT2D eigenvalue weighted by atomic mass is 32.2. The van der Waals surface area contributed by atoms with E-state index in [1.807, 2.05) is 11.8 Å². The van der Waals surface area contributed by atoms with Gasteiger partial charge in [-0.1, -0.05) is 6.92 Å². The van der Waals surface area contributed by atoms with Crippen LogP contribution in [-0.2, 0) is 4.79 Å². The molecule has 0 radical (unpaired) electrons. The van der Waals surface area contributed by atoms with Crippen LogP contribution in [0.2, 0.25) is 0 Å². The molecule has 88 valence electrons. The number of carbonyl (C=O) groups excluding carboxylic acids is 1. The fourth-order valence-corrected chi connectivity index (χ4v) is 2.27. The van der Waals surface area contributed by atoms with E-state index in [2.05, 4.69) is 5.32 Å². The Hall–Kier alpha value is -0.260. The summed E-state index contributed by atoms with van der Waals surface area (Å²) in [6, 6.07) is 0. The Morgan fingerprint density at radius 1 is 1.53 bits per heavy atom. The van der Waals surface area contributed by atoms with Crippen molar-refractivity contribution in [1.82, 2.24) is 10.2 Å². The van der Waals surface area contributed by atoms with Crippen LogP contribution >= 0.6 is 11.8 Å². The van der Waals surface area contributed by atoms with Crippen molar-refractivity contribution in [2.45, 2.75) is 18.6 Å². The minimum Gasteiger partial charge on any atom is -0.395 e. The van der Waals surface area contributed by atoms with Gasteiger partial charge in [0.05, 0.1) is 6.61 Å². The van der Waals surface area contributed by atoms with E-state index in [0.717, 1.165) is 31.9 Å². The molecule has 4 nitrogen and oxygen atoms in total. The van der Waals surface area contributed by atoms with Crippen molar-refractivity contribution in [1.29, 1.82) is 0 Å². The predicted molar refractivity (Wildman–Crippen MR) is 63.1 cm³/mol. The van der Waals surface area contributed by atoms with Gasteiger partial charge in [-0.05, 0) is 0 Å². The molecular weight excluding hydrogens is 212 g/mol. The van der Waals surface area contributed by atoms with E-state index in [0.29, 0.717) is 6.42 Å². The van der Waals surface area contributed by atoms with Crippen LogP contribution < -0.4 is 5.32 Å². The van der Waals surface area contributed by atoms with Crippen LogP contribution in [0.5, 0.6) is 0 Å². The first-order valence-corrected chi connectivity index (χ1v) is 6.50. The van der Waals surface area contributed by atoms with Crippen molar-refractivity contribution in [2.75, 3.05) is 38.5 Å². The van der Waals surface area contributed by atoms with Crippen LogP contribution in [0, 0.1) is 0 Å². The normalized spacial score (nSPS) is 18.9. The highest BCUT2D eigenvalue weighted by molar-refractivity contribution is 7.99. The lowest BCUT2D eigenvalue weighted by molar-refractivity contribution is -0.131. The second-order valence-corrected chi connectivity index (χ2v) is 5.29. The Morgan fingerprint density at radius 2 is 2.20 bits per heavy atom. The molecule has 1 saturated heterocycles. The molecule has 1 atom stereocenters. The van der Waals surface area contributed by atoms with Crippen LogP contribution in [0.3, 0.4) is 0 Å². The third-order valence-electron chi connectivity index (χ3n) is 2.45. The van der Waals surface area contributed by atoms with Gasteiger partial charge in [0.15, 0.2) is 0 Å². The molecule has 0 bridgehead atoms. The Morgan fingerprint density at radius 3 is 2.80 bits per heavy atom. The van der Waals surface area contributed by atoms with Gasteiger partial charge in [-0.25, -0.2) is 0 Å². The van der Waals surface area contributed by atoms with Gasteiger partial charge in [0.25, 0.3) is 0 Å². The number of hydrogen-bond donors (Lipinski definition) is 2. The van der Waals surface area contributed by atoms with Gasteiger partial charge in [-0.2, -0.15) is 11.8 Å². The van der Waals surface area contributed by atoms with E-state index in [9.17, 15) is 4.79 Å². The first-order chi connectivity index (χ1) is 7.24. The minimum atomic E-state index is 0.187. The standard InChI is InChI=1S/C10H20N2O2S/c1-9(8-13)15-7-2-10(14)12-5-3-11-4-6-12/h9,11,13H,2-8H2,1H3. The molecule has 1 amide bonds. The summed E-state index contributed by atoms with van der Waals surface area (Å²) < 4.78 is 0. The average molecular weight is 232 g/mol. The van der Waals surface area contributed by atoms with Gasteiger partial charge in [0.2, 0.25) is 5.91 Å². The third-order valence-corrected chi connectivity index (χ3v) is 3.60. The molecule has 1 heterocycles. The third kappa shape index (κ3) is 4.86. The summed E-state index contributed by atoms with van der Waals surface area (Å²) in [5.74, 6) is 1.05. The van der Waals surface area contributed by atoms with Gasteiger partial charge < -0.3 is 15.3 Å². The molecular formula is C10H20N2O2S. The minimum absolute atomic E-state index is 0.187. The molecule has 15 heavy (non-hydrogen) atoms. The SMILES string of the molecule is CC(CO)SCCC(=O)N1CCNCC1. The van der Waals surface area contributed by atoms with Crippen LogP contribution in [0.4, 0.5) is 0 Å². The quantitative estimate of drug-likeness (QED) is 0.696. The van der Waals surface area contributed by atoms with Crippen molar-refractivity contribution in [3.05, 3.63) is 0 Å². The Bertz CT molecular complexity index is 196. The maximum Gasteiger partial charge on any atom is 0.223 e. The maximum atomic E-state index is 11.7. The molecule has 1 fully saturated rings. The Kier molecular flexibility index (Phi) is 6.05. The zero-order valence-corrected chi connectivity index (χ0v) is 10.1. The number of thioether (sulfide) groups is 1. The summed E-state index contributed by atoms with van der Waals surface area (Å²) in [4.78, 5) is 13.6. The van der Waals surface area contributed by atoms with E-state index >= 15 is 0 Å². The molecule has 0 aromatic carbocycles. The number of rotatable bonds is 5. The number of nitrogens with zero attached hydrogens (tertiary/aromatic N) is 1. The van der Waals surface area contributed by atoms with Gasteiger partial charge in [-0.15, -0.1) is 0 Å². The van der Waals surface area contributed by atoms with Crippen LogP contribution in [-0.4, -0.2) is 59.7 Å². The van der Waals surface area contributed by atoms with E-state index in [1.54, 1.807) is 11.8 Å². The van der Waals surface area contributed by atoms with E-state index < -0.39 is 0 Å². The van der Waals surface area contributed by atoms with E-state index in [-0.39, 0.29) is 17.8 Å². The first-order valence-electron chi connectivity index (χ1n) is 5.45. The van der Waals surface area contributed by atoms with E-state index in [4.69, 9.17) is 5.11 Å². The lowest BCUT2D eigenvalue weighted by atomic mass is 10.3. The highest BCUT2D eigenvalue weighted by Gasteiger charge is 2.15. The summed E-state index contributed by atoms with van der Waals surface area (Å²) >= 11 is 1.66. The molecule has 2 N–H and O–H groups in total. The number of carbonyl (C=O) groups is 1. The van der Waals surface area contributed by atoms with Gasteiger partial charge >= 0.3 is 0 Å². The number of nitrogens with one attached hydrogen (secondary N) is 1. The lowest BCUT2D eigenvalue weighted by Gasteiger charge is -2.27. The zero-order valence-electron chi connectivity index (χ0n) is 9.24. The summed E-state index contributed by atoms with van der Waals surface area (Å²) in [6.07, 6.45) is 0.592. The molecule has 0 spiro atoms. The molecule has 0 aromatic rings. The lowest BCUT2D eigenvalue weighted by Crippen LogP contribution is -2.46. The number of hydrogen-bond acceptors (Lipinski definition) is 4. The molecule has 1 rings (SSSR count). The maximum absolute atomic E-state index is 11.7. The smallest absolute Gasteiger partial charge is 0.223 e. The molecule has 1 aliphatic heterocycles. The van der Waals surface area contributed by atoms with Crippen molar-refractivity contribution < 1.29 is 9.90 Å². The second-order valence-electron chi connectivity index (χ2n) is 3.74. The number of aliphatic hydroxyl groups excluding tert-OH is 1. The molecule has 1 unspecified atom stereocenters. The monoisotopic (exact) mass is 232 g/mol. The molecule has 0 saturated carbocycles. The van der Waals surface area contributed by atoms with E-state index in [1.165, 1.54) is 0 Å². The molecule has 0 aromatic heterocycles. The van der Waals surface area contributed by atoms with Gasteiger partial charge in [-0.3, -0.25) is 4.79 Å². The summed E-state index contributed by atoms with van der Waals surface area (Å²) in [7, 11) is 0. The Labute approximate surface area is 95.4 Å². The molecule has 0 aliphatic carbocycles. The second kappa shape index (κ2) is 7.09. The number of aliphatic hydroxyl groups is 1. The zero-order chi connectivity index (χ0) is 11.1. The van der Waals surface area contributed by atoms with Crippen LogP contribution in [0.25, 0.3) is 0 Å². The largest absolute Gasteiger partial charge is 0.395 e. The van der Waals surface area contributed by atoms with Gasteiger partial charge in [0.1, 0.15) is 0 Å². The summed E-state index contributed by atoms with van der Waals surface area (Å²) in [5.41, 5.74) is 0. The Balaban J connectivity index is 2.12. The van der Waals surface area contributed by atoms with Crippen LogP contribution in [0.15, 0.2) is 0 Å². The van der Waals surface area contributed by atoms with Crippen molar-refractivity contribution in [3.63, 3.8) is 0 Å². The summed E-state index contributed by atoms with van der Waals surface area (Å²) in [6.45, 7) is 5.64. The molecule has 1 aliphatic rings. The summed E-state index contributed by atoms with van der Waals surface area (Å²) in [5, 5.41) is 12.3. The highest BCUT2D eigenvalue weighted by Crippen LogP contribution is 2.11.